The molecule has 1 aliphatic carbocycles. The largest absolute Gasteiger partial charge is 0.326 e. The number of nitriles is 1. The molecule has 1 amide bonds. The molecular formula is C18H15FN2O. The Balaban J connectivity index is 1.68. The van der Waals surface area contributed by atoms with E-state index in [1.807, 2.05) is 12.1 Å². The standard InChI is InChI=1S/C18H15FN2O/c19-17-8-7-15(9-14(17)11-20)21-18(22)10-13-6-5-12-3-1-2-4-16(12)13/h1-4,7-9,13H,5-6,10H2,(H,21,22). The molecule has 0 saturated heterocycles. The molecule has 1 N–H and O–H groups in total. The first-order valence-electron chi connectivity index (χ1n) is 7.24. The number of aryl methyl sites for hydroxylation is 1. The number of fused-ring (bicyclic) bond motifs is 1. The van der Waals surface area contributed by atoms with E-state index >= 15 is 0 Å². The van der Waals surface area contributed by atoms with Crippen molar-refractivity contribution in [3.8, 4) is 6.07 Å². The lowest BCUT2D eigenvalue weighted by atomic mass is 9.97. The van der Waals surface area contributed by atoms with Gasteiger partial charge >= 0.3 is 0 Å². The summed E-state index contributed by atoms with van der Waals surface area (Å²) in [6.07, 6.45) is 2.37. The molecule has 0 aromatic heterocycles. The van der Waals surface area contributed by atoms with E-state index in [-0.39, 0.29) is 17.4 Å². The Morgan fingerprint density at radius 1 is 1.32 bits per heavy atom. The molecule has 0 saturated carbocycles. The summed E-state index contributed by atoms with van der Waals surface area (Å²) >= 11 is 0. The van der Waals surface area contributed by atoms with Crippen molar-refractivity contribution in [3.63, 3.8) is 0 Å². The lowest BCUT2D eigenvalue weighted by molar-refractivity contribution is -0.116. The summed E-state index contributed by atoms with van der Waals surface area (Å²) in [6, 6.07) is 14.0. The van der Waals surface area contributed by atoms with Crippen LogP contribution in [0.5, 0.6) is 0 Å². The fraction of sp³-hybridized carbons (Fsp3) is 0.222. The van der Waals surface area contributed by atoms with Crippen LogP contribution in [-0.4, -0.2) is 5.91 Å². The van der Waals surface area contributed by atoms with E-state index in [9.17, 15) is 9.18 Å². The quantitative estimate of drug-likeness (QED) is 0.937. The van der Waals surface area contributed by atoms with Gasteiger partial charge in [-0.25, -0.2) is 4.39 Å². The van der Waals surface area contributed by atoms with Crippen molar-refractivity contribution in [2.45, 2.75) is 25.2 Å². The normalized spacial score (nSPS) is 15.9. The monoisotopic (exact) mass is 294 g/mol. The van der Waals surface area contributed by atoms with Crippen LogP contribution in [0.25, 0.3) is 0 Å². The third kappa shape index (κ3) is 2.84. The second-order valence-corrected chi connectivity index (χ2v) is 5.49. The lowest BCUT2D eigenvalue weighted by Gasteiger charge is -2.12. The summed E-state index contributed by atoms with van der Waals surface area (Å²) < 4.78 is 13.3. The SMILES string of the molecule is N#Cc1cc(NC(=O)CC2CCc3ccccc32)ccc1F. The molecular weight excluding hydrogens is 279 g/mol. The number of halogens is 1. The highest BCUT2D eigenvalue weighted by Crippen LogP contribution is 2.35. The van der Waals surface area contributed by atoms with Gasteiger partial charge in [0.2, 0.25) is 5.91 Å². The first kappa shape index (κ1) is 14.3. The Morgan fingerprint density at radius 3 is 2.95 bits per heavy atom. The van der Waals surface area contributed by atoms with E-state index in [1.54, 1.807) is 6.07 Å². The summed E-state index contributed by atoms with van der Waals surface area (Å²) in [7, 11) is 0. The second-order valence-electron chi connectivity index (χ2n) is 5.49. The topological polar surface area (TPSA) is 52.9 Å². The fourth-order valence-electron chi connectivity index (χ4n) is 2.98. The molecule has 1 atom stereocenters. The molecule has 0 fully saturated rings. The molecule has 3 rings (SSSR count). The number of hydrogen-bond donors (Lipinski definition) is 1. The van der Waals surface area contributed by atoms with Crippen LogP contribution in [-0.2, 0) is 11.2 Å². The summed E-state index contributed by atoms with van der Waals surface area (Å²) in [5.41, 5.74) is 2.95. The average molecular weight is 294 g/mol. The second kappa shape index (κ2) is 5.98. The molecule has 0 bridgehead atoms. The van der Waals surface area contributed by atoms with Crippen LogP contribution in [0, 0.1) is 17.1 Å². The van der Waals surface area contributed by atoms with Gasteiger partial charge in [0.15, 0.2) is 0 Å². The van der Waals surface area contributed by atoms with Crippen molar-refractivity contribution in [2.24, 2.45) is 0 Å². The first-order valence-corrected chi connectivity index (χ1v) is 7.24. The van der Waals surface area contributed by atoms with Gasteiger partial charge in [-0.2, -0.15) is 5.26 Å². The highest BCUT2D eigenvalue weighted by molar-refractivity contribution is 5.91. The van der Waals surface area contributed by atoms with Crippen LogP contribution in [0.15, 0.2) is 42.5 Å². The van der Waals surface area contributed by atoms with Crippen molar-refractivity contribution in [1.29, 1.82) is 5.26 Å². The highest BCUT2D eigenvalue weighted by Gasteiger charge is 2.24. The van der Waals surface area contributed by atoms with Gasteiger partial charge in [-0.15, -0.1) is 0 Å². The lowest BCUT2D eigenvalue weighted by Crippen LogP contribution is -2.14. The van der Waals surface area contributed by atoms with E-state index in [0.717, 1.165) is 12.8 Å². The van der Waals surface area contributed by atoms with Crippen molar-refractivity contribution >= 4 is 11.6 Å². The van der Waals surface area contributed by atoms with Gasteiger partial charge in [-0.3, -0.25) is 4.79 Å². The van der Waals surface area contributed by atoms with Gasteiger partial charge in [0.05, 0.1) is 5.56 Å². The first-order chi connectivity index (χ1) is 10.7. The van der Waals surface area contributed by atoms with E-state index in [4.69, 9.17) is 5.26 Å². The minimum Gasteiger partial charge on any atom is -0.326 e. The number of benzene rings is 2. The Labute approximate surface area is 128 Å². The van der Waals surface area contributed by atoms with E-state index in [2.05, 4.69) is 17.4 Å². The molecule has 2 aromatic carbocycles. The molecule has 2 aromatic rings. The van der Waals surface area contributed by atoms with Gasteiger partial charge in [0.25, 0.3) is 0 Å². The third-order valence-corrected chi connectivity index (χ3v) is 4.06. The molecule has 0 radical (unpaired) electrons. The zero-order valence-electron chi connectivity index (χ0n) is 12.0. The predicted octanol–water partition coefficient (Wildman–Crippen LogP) is 3.76. The van der Waals surface area contributed by atoms with Crippen molar-refractivity contribution in [2.75, 3.05) is 5.32 Å². The Bertz CT molecular complexity index is 764. The van der Waals surface area contributed by atoms with Crippen molar-refractivity contribution < 1.29 is 9.18 Å². The maximum Gasteiger partial charge on any atom is 0.224 e. The summed E-state index contributed by atoms with van der Waals surface area (Å²) in [6.45, 7) is 0. The number of nitrogens with one attached hydrogen (secondary N) is 1. The summed E-state index contributed by atoms with van der Waals surface area (Å²) in [5, 5.41) is 11.6. The summed E-state index contributed by atoms with van der Waals surface area (Å²) in [4.78, 5) is 12.2. The van der Waals surface area contributed by atoms with Gasteiger partial charge in [-0.1, -0.05) is 24.3 Å². The van der Waals surface area contributed by atoms with Crippen LogP contribution in [0.2, 0.25) is 0 Å². The van der Waals surface area contributed by atoms with Crippen molar-refractivity contribution in [1.82, 2.24) is 0 Å². The molecule has 1 unspecified atom stereocenters. The molecule has 0 spiro atoms. The van der Waals surface area contributed by atoms with Gasteiger partial charge in [-0.05, 0) is 48.1 Å². The Morgan fingerprint density at radius 2 is 2.14 bits per heavy atom. The number of carbonyl (C=O) groups is 1. The third-order valence-electron chi connectivity index (χ3n) is 4.06. The molecule has 1 aliphatic rings. The molecule has 0 aliphatic heterocycles. The molecule has 4 heteroatoms. The average Bonchev–Trinajstić information content (AvgIpc) is 2.92. The van der Waals surface area contributed by atoms with Crippen LogP contribution in [0.1, 0.15) is 35.4 Å². The predicted molar refractivity (Wildman–Crippen MR) is 81.9 cm³/mol. The Hall–Kier alpha value is -2.67. The molecule has 110 valence electrons. The van der Waals surface area contributed by atoms with Crippen LogP contribution in [0.3, 0.4) is 0 Å². The number of anilines is 1. The number of nitrogens with zero attached hydrogens (tertiary/aromatic N) is 1. The zero-order chi connectivity index (χ0) is 15.5. The summed E-state index contributed by atoms with van der Waals surface area (Å²) in [5.74, 6) is -0.463. The number of amides is 1. The van der Waals surface area contributed by atoms with Gasteiger partial charge in [0.1, 0.15) is 11.9 Å². The number of rotatable bonds is 3. The van der Waals surface area contributed by atoms with Crippen LogP contribution < -0.4 is 5.32 Å². The van der Waals surface area contributed by atoms with Gasteiger partial charge < -0.3 is 5.32 Å². The van der Waals surface area contributed by atoms with Crippen LogP contribution in [0.4, 0.5) is 10.1 Å². The maximum atomic E-state index is 13.3. The highest BCUT2D eigenvalue weighted by atomic mass is 19.1. The minimum absolute atomic E-state index is 0.0657. The van der Waals surface area contributed by atoms with E-state index in [1.165, 1.54) is 29.3 Å². The molecule has 22 heavy (non-hydrogen) atoms. The number of hydrogen-bond acceptors (Lipinski definition) is 2. The smallest absolute Gasteiger partial charge is 0.224 e. The zero-order valence-corrected chi connectivity index (χ0v) is 12.0. The van der Waals surface area contributed by atoms with E-state index < -0.39 is 5.82 Å². The molecule has 3 nitrogen and oxygen atoms in total. The van der Waals surface area contributed by atoms with Crippen LogP contribution >= 0.6 is 0 Å². The Kier molecular flexibility index (Phi) is 3.88. The van der Waals surface area contributed by atoms with Gasteiger partial charge in [0, 0.05) is 12.1 Å². The van der Waals surface area contributed by atoms with Crippen molar-refractivity contribution in [3.05, 3.63) is 65.0 Å². The van der Waals surface area contributed by atoms with E-state index in [0.29, 0.717) is 12.1 Å². The number of carbonyl (C=O) groups excluding carboxylic acids is 1. The maximum absolute atomic E-state index is 13.3. The minimum atomic E-state index is -0.579. The molecule has 0 heterocycles. The fourth-order valence-corrected chi connectivity index (χ4v) is 2.98.